The second kappa shape index (κ2) is 3.02. The maximum absolute atomic E-state index is 12.9. The summed E-state index contributed by atoms with van der Waals surface area (Å²) in [6, 6.07) is 0. The average molecular weight is 246 g/mol. The molecule has 1 amide bonds. The molecule has 0 atom stereocenters. The molecule has 0 saturated carbocycles. The summed E-state index contributed by atoms with van der Waals surface area (Å²) in [5.41, 5.74) is 0.618. The van der Waals surface area contributed by atoms with Crippen molar-refractivity contribution < 1.29 is 9.18 Å². The van der Waals surface area contributed by atoms with Gasteiger partial charge in [0.05, 0.1) is 5.69 Å². The molecular weight excluding hydrogens is 241 g/mol. The molecule has 2 rings (SSSR count). The lowest BCUT2D eigenvalue weighted by Crippen LogP contribution is -2.21. The Morgan fingerprint density at radius 3 is 2.92 bits per heavy atom. The molecule has 68 valence electrons. The van der Waals surface area contributed by atoms with Gasteiger partial charge in [-0.2, -0.15) is 9.37 Å². The van der Waals surface area contributed by atoms with Crippen LogP contribution in [-0.2, 0) is 11.2 Å². The van der Waals surface area contributed by atoms with Gasteiger partial charge >= 0.3 is 0 Å². The minimum Gasteiger partial charge on any atom is -0.309 e. The maximum Gasteiger partial charge on any atom is 0.247 e. The number of nitrogens with one attached hydrogen (secondary N) is 1. The molecule has 1 aliphatic heterocycles. The van der Waals surface area contributed by atoms with Gasteiger partial charge in [0, 0.05) is 12.8 Å². The fraction of sp³-hybridized carbons (Fsp3) is 0.286. The predicted octanol–water partition coefficient (Wildman–Crippen LogP) is 1.26. The smallest absolute Gasteiger partial charge is 0.247 e. The minimum atomic E-state index is -0.707. The molecule has 0 aliphatic carbocycles. The van der Waals surface area contributed by atoms with E-state index in [-0.39, 0.29) is 16.3 Å². The molecule has 0 radical (unpaired) electrons. The SMILES string of the molecule is O=C1CCc2nc(Br)c(F)nc2N1. The lowest BCUT2D eigenvalue weighted by atomic mass is 10.1. The number of aromatic nitrogens is 2. The fourth-order valence-corrected chi connectivity index (χ4v) is 1.43. The van der Waals surface area contributed by atoms with Crippen molar-refractivity contribution >= 4 is 27.7 Å². The number of amides is 1. The Morgan fingerprint density at radius 1 is 1.38 bits per heavy atom. The van der Waals surface area contributed by atoms with E-state index in [0.29, 0.717) is 18.5 Å². The van der Waals surface area contributed by atoms with Gasteiger partial charge in [0.1, 0.15) is 0 Å². The lowest BCUT2D eigenvalue weighted by molar-refractivity contribution is -0.116. The monoisotopic (exact) mass is 245 g/mol. The number of hydrogen-bond acceptors (Lipinski definition) is 3. The summed E-state index contributed by atoms with van der Waals surface area (Å²) in [6.07, 6.45) is 0.882. The molecule has 0 unspecified atom stereocenters. The number of fused-ring (bicyclic) bond motifs is 1. The van der Waals surface area contributed by atoms with E-state index in [1.54, 1.807) is 0 Å². The molecule has 2 heterocycles. The Balaban J connectivity index is 2.49. The number of nitrogens with zero attached hydrogens (tertiary/aromatic N) is 2. The van der Waals surface area contributed by atoms with Crippen LogP contribution >= 0.6 is 15.9 Å². The first-order valence-electron chi connectivity index (χ1n) is 3.68. The first-order valence-corrected chi connectivity index (χ1v) is 4.48. The average Bonchev–Trinajstić information content (AvgIpc) is 2.08. The number of rotatable bonds is 0. The quantitative estimate of drug-likeness (QED) is 0.749. The molecule has 1 aromatic heterocycles. The van der Waals surface area contributed by atoms with Gasteiger partial charge in [-0.3, -0.25) is 4.79 Å². The van der Waals surface area contributed by atoms with Crippen molar-refractivity contribution in [2.24, 2.45) is 0 Å². The van der Waals surface area contributed by atoms with Gasteiger partial charge in [0.15, 0.2) is 10.4 Å². The molecule has 0 saturated heterocycles. The van der Waals surface area contributed by atoms with Crippen molar-refractivity contribution in [2.75, 3.05) is 5.32 Å². The number of halogens is 2. The molecule has 0 aromatic carbocycles. The normalized spacial score (nSPS) is 15.1. The third-order valence-electron chi connectivity index (χ3n) is 1.73. The molecule has 1 aromatic rings. The van der Waals surface area contributed by atoms with E-state index in [0.717, 1.165) is 0 Å². The number of hydrogen-bond donors (Lipinski definition) is 1. The summed E-state index contributed by atoms with van der Waals surface area (Å²) in [7, 11) is 0. The van der Waals surface area contributed by atoms with E-state index in [4.69, 9.17) is 0 Å². The molecule has 0 spiro atoms. The van der Waals surface area contributed by atoms with Crippen LogP contribution < -0.4 is 5.32 Å². The lowest BCUT2D eigenvalue weighted by Gasteiger charge is -2.14. The van der Waals surface area contributed by atoms with E-state index in [1.807, 2.05) is 0 Å². The van der Waals surface area contributed by atoms with Gasteiger partial charge in [0.2, 0.25) is 11.9 Å². The van der Waals surface area contributed by atoms with E-state index < -0.39 is 5.95 Å². The molecule has 0 bridgehead atoms. The fourth-order valence-electron chi connectivity index (χ4n) is 1.13. The Bertz CT molecular complexity index is 382. The largest absolute Gasteiger partial charge is 0.309 e. The molecule has 4 nitrogen and oxygen atoms in total. The van der Waals surface area contributed by atoms with Gasteiger partial charge in [-0.15, -0.1) is 0 Å². The minimum absolute atomic E-state index is 0.0856. The highest BCUT2D eigenvalue weighted by Gasteiger charge is 2.19. The summed E-state index contributed by atoms with van der Waals surface area (Å²) < 4.78 is 12.9. The zero-order valence-corrected chi connectivity index (χ0v) is 8.06. The van der Waals surface area contributed by atoms with E-state index >= 15 is 0 Å². The van der Waals surface area contributed by atoms with Crippen LogP contribution in [-0.4, -0.2) is 15.9 Å². The third-order valence-corrected chi connectivity index (χ3v) is 2.24. The van der Waals surface area contributed by atoms with Crippen molar-refractivity contribution in [2.45, 2.75) is 12.8 Å². The molecule has 1 N–H and O–H groups in total. The van der Waals surface area contributed by atoms with Crippen molar-refractivity contribution in [3.8, 4) is 0 Å². The summed E-state index contributed by atoms with van der Waals surface area (Å²) in [5, 5.41) is 2.45. The topological polar surface area (TPSA) is 54.9 Å². The predicted molar refractivity (Wildman–Crippen MR) is 46.6 cm³/mol. The Kier molecular flexibility index (Phi) is 1.99. The van der Waals surface area contributed by atoms with Crippen LogP contribution in [0.15, 0.2) is 4.60 Å². The highest BCUT2D eigenvalue weighted by atomic mass is 79.9. The number of carbonyl (C=O) groups is 1. The molecule has 13 heavy (non-hydrogen) atoms. The summed E-state index contributed by atoms with van der Waals surface area (Å²) in [4.78, 5) is 18.4. The summed E-state index contributed by atoms with van der Waals surface area (Å²) in [6.45, 7) is 0. The molecular formula is C7H5BrFN3O. The van der Waals surface area contributed by atoms with Crippen LogP contribution in [0.3, 0.4) is 0 Å². The molecule has 0 fully saturated rings. The zero-order valence-electron chi connectivity index (χ0n) is 6.47. The first kappa shape index (κ1) is 8.55. The summed E-state index contributed by atoms with van der Waals surface area (Å²) >= 11 is 2.93. The van der Waals surface area contributed by atoms with Crippen LogP contribution in [0, 0.1) is 5.95 Å². The zero-order chi connectivity index (χ0) is 9.42. The Morgan fingerprint density at radius 2 is 2.15 bits per heavy atom. The number of carbonyl (C=O) groups excluding carboxylic acids is 1. The highest BCUT2D eigenvalue weighted by Crippen LogP contribution is 2.21. The number of aryl methyl sites for hydroxylation is 1. The number of anilines is 1. The second-order valence-corrected chi connectivity index (χ2v) is 3.40. The third kappa shape index (κ3) is 1.53. The van der Waals surface area contributed by atoms with Crippen molar-refractivity contribution in [1.29, 1.82) is 0 Å². The van der Waals surface area contributed by atoms with Gasteiger partial charge in [0.25, 0.3) is 0 Å². The van der Waals surface area contributed by atoms with Crippen LogP contribution in [0.25, 0.3) is 0 Å². The van der Waals surface area contributed by atoms with Crippen molar-refractivity contribution in [3.63, 3.8) is 0 Å². The summed E-state index contributed by atoms with van der Waals surface area (Å²) in [5.74, 6) is -0.624. The van der Waals surface area contributed by atoms with Crippen molar-refractivity contribution in [3.05, 3.63) is 16.2 Å². The van der Waals surface area contributed by atoms with Crippen LogP contribution in [0.4, 0.5) is 10.2 Å². The maximum atomic E-state index is 12.9. The standard InChI is InChI=1S/C7H5BrFN3O/c8-5-6(9)12-7-3(10-5)1-2-4(13)11-7/h1-2H2,(H,11,12,13). The van der Waals surface area contributed by atoms with Crippen LogP contribution in [0.5, 0.6) is 0 Å². The second-order valence-electron chi connectivity index (χ2n) is 2.65. The van der Waals surface area contributed by atoms with Gasteiger partial charge in [-0.1, -0.05) is 0 Å². The van der Waals surface area contributed by atoms with Crippen molar-refractivity contribution in [1.82, 2.24) is 9.97 Å². The van der Waals surface area contributed by atoms with Gasteiger partial charge in [-0.25, -0.2) is 4.98 Å². The first-order chi connectivity index (χ1) is 6.16. The van der Waals surface area contributed by atoms with Crippen LogP contribution in [0.1, 0.15) is 12.1 Å². The Hall–Kier alpha value is -1.04. The molecule has 6 heteroatoms. The van der Waals surface area contributed by atoms with Gasteiger partial charge in [-0.05, 0) is 15.9 Å². The molecule has 1 aliphatic rings. The van der Waals surface area contributed by atoms with Crippen LogP contribution in [0.2, 0.25) is 0 Å². The van der Waals surface area contributed by atoms with E-state index in [2.05, 4.69) is 31.2 Å². The van der Waals surface area contributed by atoms with Gasteiger partial charge < -0.3 is 5.32 Å². The van der Waals surface area contributed by atoms with E-state index in [9.17, 15) is 9.18 Å². The highest BCUT2D eigenvalue weighted by molar-refractivity contribution is 9.10. The van der Waals surface area contributed by atoms with E-state index in [1.165, 1.54) is 0 Å². The Labute approximate surface area is 81.7 Å².